The van der Waals surface area contributed by atoms with Crippen LogP contribution in [0, 0.1) is 0 Å². The average Bonchev–Trinajstić information content (AvgIpc) is 2.01. The van der Waals surface area contributed by atoms with E-state index < -0.39 is 11.7 Å². The molecule has 2 N–H and O–H groups in total. The fraction of sp³-hybridized carbons (Fsp3) is 0.222. The molecule has 5 heteroatoms. The van der Waals surface area contributed by atoms with Gasteiger partial charge < -0.3 is 14.9 Å². The Morgan fingerprint density at radius 3 is 2.64 bits per heavy atom. The summed E-state index contributed by atoms with van der Waals surface area (Å²) in [5, 5.41) is 18.3. The maximum absolute atomic E-state index is 11.2. The zero-order valence-electron chi connectivity index (χ0n) is 7.45. The number of carbonyl (C=O) groups excluding carboxylic acids is 1. The molecule has 14 heavy (non-hydrogen) atoms. The third-order valence-corrected chi connectivity index (χ3v) is 1.83. The van der Waals surface area contributed by atoms with Gasteiger partial charge in [-0.25, -0.2) is 4.79 Å². The summed E-state index contributed by atoms with van der Waals surface area (Å²) in [6.45, 7) is 1.83. The van der Waals surface area contributed by atoms with Crippen LogP contribution in [0.25, 0.3) is 0 Å². The predicted octanol–water partition coefficient (Wildman–Crippen LogP) is 1.93. The first kappa shape index (κ1) is 10.7. The minimum atomic E-state index is -0.713. The van der Waals surface area contributed by atoms with Crippen molar-refractivity contribution in [1.82, 2.24) is 0 Å². The monoisotopic (exact) mass is 216 g/mol. The number of carbonyl (C=O) groups is 1. The van der Waals surface area contributed by atoms with Gasteiger partial charge in [-0.05, 0) is 13.0 Å². The molecular weight excluding hydrogens is 208 g/mol. The van der Waals surface area contributed by atoms with E-state index in [-0.39, 0.29) is 22.9 Å². The highest BCUT2D eigenvalue weighted by atomic mass is 35.5. The van der Waals surface area contributed by atoms with Gasteiger partial charge in [-0.15, -0.1) is 0 Å². The lowest BCUT2D eigenvalue weighted by atomic mass is 10.2. The molecule has 1 aromatic rings. The zero-order valence-corrected chi connectivity index (χ0v) is 8.21. The average molecular weight is 217 g/mol. The molecule has 1 aromatic carbocycles. The largest absolute Gasteiger partial charge is 0.508 e. The standard InChI is InChI=1S/C9H9ClO4/c1-2-14-9(13)8-6(10)3-5(11)4-7(8)12/h3-4,11-12H,2H2,1H3. The molecular formula is C9H9ClO4. The normalized spacial score (nSPS) is 9.86. The molecule has 0 bridgehead atoms. The van der Waals surface area contributed by atoms with Crippen molar-refractivity contribution in [1.29, 1.82) is 0 Å². The number of hydrogen-bond donors (Lipinski definition) is 2. The lowest BCUT2D eigenvalue weighted by molar-refractivity contribution is 0.0523. The first-order valence-corrected chi connectivity index (χ1v) is 4.32. The summed E-state index contributed by atoms with van der Waals surface area (Å²) >= 11 is 5.64. The fourth-order valence-electron chi connectivity index (χ4n) is 0.984. The molecule has 0 unspecified atom stereocenters. The van der Waals surface area contributed by atoms with Crippen LogP contribution in [0.1, 0.15) is 17.3 Å². The fourth-order valence-corrected chi connectivity index (χ4v) is 1.27. The number of aromatic hydroxyl groups is 2. The third-order valence-electron chi connectivity index (χ3n) is 1.53. The second-order valence-electron chi connectivity index (χ2n) is 2.54. The van der Waals surface area contributed by atoms with Crippen molar-refractivity contribution >= 4 is 17.6 Å². The van der Waals surface area contributed by atoms with E-state index in [9.17, 15) is 9.90 Å². The Hall–Kier alpha value is -1.42. The SMILES string of the molecule is CCOC(=O)c1c(O)cc(O)cc1Cl. The van der Waals surface area contributed by atoms with E-state index >= 15 is 0 Å². The molecule has 0 fully saturated rings. The number of hydrogen-bond acceptors (Lipinski definition) is 4. The topological polar surface area (TPSA) is 66.8 Å². The van der Waals surface area contributed by atoms with Gasteiger partial charge in [-0.1, -0.05) is 11.6 Å². The minimum Gasteiger partial charge on any atom is -0.508 e. The third kappa shape index (κ3) is 2.09. The predicted molar refractivity (Wildman–Crippen MR) is 50.7 cm³/mol. The van der Waals surface area contributed by atoms with Crippen LogP contribution < -0.4 is 0 Å². The summed E-state index contributed by atoms with van der Waals surface area (Å²) in [6, 6.07) is 2.19. The number of halogens is 1. The molecule has 0 aromatic heterocycles. The molecule has 0 aliphatic carbocycles. The first-order valence-electron chi connectivity index (χ1n) is 3.94. The summed E-state index contributed by atoms with van der Waals surface area (Å²) in [5.74, 6) is -1.32. The quantitative estimate of drug-likeness (QED) is 0.742. The first-order chi connectivity index (χ1) is 6.56. The molecule has 0 saturated heterocycles. The second-order valence-corrected chi connectivity index (χ2v) is 2.95. The molecule has 0 amide bonds. The van der Waals surface area contributed by atoms with Crippen molar-refractivity contribution in [3.63, 3.8) is 0 Å². The second kappa shape index (κ2) is 4.19. The number of rotatable bonds is 2. The molecule has 4 nitrogen and oxygen atoms in total. The summed E-state index contributed by atoms with van der Waals surface area (Å²) < 4.78 is 4.66. The lowest BCUT2D eigenvalue weighted by Gasteiger charge is -2.06. The van der Waals surface area contributed by atoms with Gasteiger partial charge in [-0.2, -0.15) is 0 Å². The van der Waals surface area contributed by atoms with Crippen molar-refractivity contribution < 1.29 is 19.7 Å². The van der Waals surface area contributed by atoms with E-state index in [1.807, 2.05) is 0 Å². The van der Waals surface area contributed by atoms with E-state index in [0.29, 0.717) is 0 Å². The molecule has 0 aliphatic rings. The summed E-state index contributed by atoms with van der Waals surface area (Å²) in [6.07, 6.45) is 0. The highest BCUT2D eigenvalue weighted by Crippen LogP contribution is 2.31. The van der Waals surface area contributed by atoms with Gasteiger partial charge in [0.15, 0.2) is 0 Å². The smallest absolute Gasteiger partial charge is 0.343 e. The van der Waals surface area contributed by atoms with Gasteiger partial charge in [0, 0.05) is 6.07 Å². The van der Waals surface area contributed by atoms with Crippen molar-refractivity contribution in [2.75, 3.05) is 6.61 Å². The van der Waals surface area contributed by atoms with Gasteiger partial charge in [0.1, 0.15) is 17.1 Å². The lowest BCUT2D eigenvalue weighted by Crippen LogP contribution is -2.05. The van der Waals surface area contributed by atoms with E-state index in [4.69, 9.17) is 16.7 Å². The Bertz CT molecular complexity index is 339. The maximum Gasteiger partial charge on any atom is 0.343 e. The number of ether oxygens (including phenoxy) is 1. The van der Waals surface area contributed by atoms with E-state index in [2.05, 4.69) is 4.74 Å². The maximum atomic E-state index is 11.2. The van der Waals surface area contributed by atoms with E-state index in [1.54, 1.807) is 6.92 Å². The Labute approximate surface area is 85.7 Å². The zero-order chi connectivity index (χ0) is 10.7. The van der Waals surface area contributed by atoms with Crippen molar-refractivity contribution in [2.45, 2.75) is 6.92 Å². The van der Waals surface area contributed by atoms with Crippen LogP contribution in [0.3, 0.4) is 0 Å². The Kier molecular flexibility index (Phi) is 3.19. The number of benzene rings is 1. The van der Waals surface area contributed by atoms with Crippen LogP contribution in [0.4, 0.5) is 0 Å². The Morgan fingerprint density at radius 2 is 2.14 bits per heavy atom. The van der Waals surface area contributed by atoms with Crippen LogP contribution in [-0.4, -0.2) is 22.8 Å². The molecule has 0 atom stereocenters. The summed E-state index contributed by atoms with van der Waals surface area (Å²) in [4.78, 5) is 11.2. The Balaban J connectivity index is 3.14. The van der Waals surface area contributed by atoms with Crippen molar-refractivity contribution in [3.8, 4) is 11.5 Å². The van der Waals surface area contributed by atoms with Gasteiger partial charge in [0.25, 0.3) is 0 Å². The number of phenols is 2. The van der Waals surface area contributed by atoms with Gasteiger partial charge in [0.05, 0.1) is 11.6 Å². The molecule has 0 aliphatic heterocycles. The van der Waals surface area contributed by atoms with Crippen LogP contribution in [0.15, 0.2) is 12.1 Å². The highest BCUT2D eigenvalue weighted by molar-refractivity contribution is 6.34. The molecule has 0 radical (unpaired) electrons. The summed E-state index contributed by atoms with van der Waals surface area (Å²) in [5.41, 5.74) is -0.133. The summed E-state index contributed by atoms with van der Waals surface area (Å²) in [7, 11) is 0. The molecule has 0 saturated carbocycles. The number of esters is 1. The van der Waals surface area contributed by atoms with Gasteiger partial charge in [0.2, 0.25) is 0 Å². The molecule has 0 spiro atoms. The van der Waals surface area contributed by atoms with Crippen molar-refractivity contribution in [3.05, 3.63) is 22.7 Å². The van der Waals surface area contributed by atoms with Crippen LogP contribution in [-0.2, 0) is 4.74 Å². The van der Waals surface area contributed by atoms with E-state index in [0.717, 1.165) is 12.1 Å². The van der Waals surface area contributed by atoms with Crippen molar-refractivity contribution in [2.24, 2.45) is 0 Å². The van der Waals surface area contributed by atoms with Gasteiger partial charge in [-0.3, -0.25) is 0 Å². The number of phenolic OH excluding ortho intramolecular Hbond substituents is 2. The van der Waals surface area contributed by atoms with E-state index in [1.165, 1.54) is 0 Å². The van der Waals surface area contributed by atoms with Gasteiger partial charge >= 0.3 is 5.97 Å². The molecule has 1 rings (SSSR count). The van der Waals surface area contributed by atoms with Crippen LogP contribution in [0.5, 0.6) is 11.5 Å². The Morgan fingerprint density at radius 1 is 1.50 bits per heavy atom. The minimum absolute atomic E-state index is 0.0408. The molecule has 0 heterocycles. The highest BCUT2D eigenvalue weighted by Gasteiger charge is 2.17. The molecule has 76 valence electrons. The van der Waals surface area contributed by atoms with Crippen LogP contribution in [0.2, 0.25) is 5.02 Å². The van der Waals surface area contributed by atoms with Crippen LogP contribution >= 0.6 is 11.6 Å².